The van der Waals surface area contributed by atoms with Gasteiger partial charge in [-0.05, 0) is 57.2 Å². The van der Waals surface area contributed by atoms with Crippen LogP contribution in [0.15, 0.2) is 12.1 Å². The fourth-order valence-electron chi connectivity index (χ4n) is 3.53. The smallest absolute Gasteiger partial charge is 0.244 e. The van der Waals surface area contributed by atoms with Crippen molar-refractivity contribution in [2.75, 3.05) is 0 Å². The number of aryl methyl sites for hydroxylation is 1. The van der Waals surface area contributed by atoms with E-state index >= 15 is 0 Å². The summed E-state index contributed by atoms with van der Waals surface area (Å²) in [7, 11) is 0. The highest BCUT2D eigenvalue weighted by atomic mass is 16.1. The minimum Gasteiger partial charge on any atom is -0.350 e. The predicted octanol–water partition coefficient (Wildman–Crippen LogP) is 3.90. The molecular formula is C18H26N2O. The predicted molar refractivity (Wildman–Crippen MR) is 86.2 cm³/mol. The molecule has 0 bridgehead atoms. The van der Waals surface area contributed by atoms with E-state index < -0.39 is 0 Å². The quantitative estimate of drug-likeness (QED) is 0.837. The van der Waals surface area contributed by atoms with Gasteiger partial charge in [-0.1, -0.05) is 19.3 Å². The first-order valence-corrected chi connectivity index (χ1v) is 8.32. The lowest BCUT2D eigenvalue weighted by Gasteiger charge is -2.21. The van der Waals surface area contributed by atoms with Gasteiger partial charge in [-0.15, -0.1) is 0 Å². The van der Waals surface area contributed by atoms with Gasteiger partial charge in [0.25, 0.3) is 0 Å². The van der Waals surface area contributed by atoms with Gasteiger partial charge in [-0.2, -0.15) is 0 Å². The molecule has 2 aliphatic rings. The number of amides is 1. The van der Waals surface area contributed by atoms with Crippen LogP contribution in [0.4, 0.5) is 0 Å². The molecule has 3 rings (SSSR count). The van der Waals surface area contributed by atoms with Crippen molar-refractivity contribution in [2.45, 2.75) is 70.9 Å². The van der Waals surface area contributed by atoms with Crippen molar-refractivity contribution in [1.82, 2.24) is 9.88 Å². The third-order valence-corrected chi connectivity index (χ3v) is 4.80. The highest BCUT2D eigenvalue weighted by Gasteiger charge is 2.26. The number of aromatic nitrogens is 1. The molecule has 3 nitrogen and oxygen atoms in total. The normalized spacial score (nSPS) is 20.1. The molecule has 1 N–H and O–H groups in total. The topological polar surface area (TPSA) is 34.0 Å². The van der Waals surface area contributed by atoms with E-state index in [0.29, 0.717) is 12.1 Å². The zero-order valence-corrected chi connectivity index (χ0v) is 13.2. The van der Waals surface area contributed by atoms with Crippen molar-refractivity contribution in [1.29, 1.82) is 0 Å². The Kier molecular flexibility index (Phi) is 4.18. The molecule has 2 saturated carbocycles. The van der Waals surface area contributed by atoms with E-state index in [1.165, 1.54) is 49.1 Å². The van der Waals surface area contributed by atoms with Crippen LogP contribution in [0, 0.1) is 13.8 Å². The van der Waals surface area contributed by atoms with Gasteiger partial charge in [0.05, 0.1) is 0 Å². The van der Waals surface area contributed by atoms with Gasteiger partial charge in [-0.25, -0.2) is 0 Å². The zero-order chi connectivity index (χ0) is 14.8. The van der Waals surface area contributed by atoms with Crippen molar-refractivity contribution in [3.8, 4) is 0 Å². The fourth-order valence-corrected chi connectivity index (χ4v) is 3.53. The van der Waals surface area contributed by atoms with Crippen LogP contribution in [0.3, 0.4) is 0 Å². The Bertz CT molecular complexity index is 546. The van der Waals surface area contributed by atoms with Crippen LogP contribution < -0.4 is 5.32 Å². The first-order valence-electron chi connectivity index (χ1n) is 8.32. The van der Waals surface area contributed by atoms with Crippen molar-refractivity contribution in [2.24, 2.45) is 0 Å². The molecule has 0 spiro atoms. The second-order valence-corrected chi connectivity index (χ2v) is 6.60. The minimum atomic E-state index is 0.0538. The Morgan fingerprint density at radius 2 is 1.90 bits per heavy atom. The second-order valence-electron chi connectivity index (χ2n) is 6.60. The number of carbonyl (C=O) groups is 1. The molecule has 21 heavy (non-hydrogen) atoms. The molecule has 2 fully saturated rings. The summed E-state index contributed by atoms with van der Waals surface area (Å²) in [6.07, 6.45) is 12.3. The van der Waals surface area contributed by atoms with Gasteiger partial charge in [0.1, 0.15) is 0 Å². The molecule has 0 radical (unpaired) electrons. The molecule has 0 aliphatic heterocycles. The van der Waals surface area contributed by atoms with Gasteiger partial charge < -0.3 is 9.88 Å². The van der Waals surface area contributed by atoms with Crippen LogP contribution in [-0.4, -0.2) is 16.5 Å². The number of nitrogens with zero attached hydrogens (tertiary/aromatic N) is 1. The number of nitrogens with one attached hydrogen (secondary N) is 1. The second kappa shape index (κ2) is 6.08. The Balaban J connectivity index is 1.62. The summed E-state index contributed by atoms with van der Waals surface area (Å²) in [5, 5.41) is 3.13. The Labute approximate surface area is 127 Å². The third kappa shape index (κ3) is 3.39. The number of rotatable bonds is 4. The van der Waals surface area contributed by atoms with E-state index in [2.05, 4.69) is 29.8 Å². The molecule has 2 aliphatic carbocycles. The van der Waals surface area contributed by atoms with Gasteiger partial charge in [0.2, 0.25) is 5.91 Å². The molecule has 1 amide bonds. The molecule has 114 valence electrons. The third-order valence-electron chi connectivity index (χ3n) is 4.80. The van der Waals surface area contributed by atoms with Crippen LogP contribution in [0.1, 0.15) is 67.9 Å². The van der Waals surface area contributed by atoms with Gasteiger partial charge in [0.15, 0.2) is 0 Å². The summed E-state index contributed by atoms with van der Waals surface area (Å²) in [5.74, 6) is 0.0538. The minimum absolute atomic E-state index is 0.0538. The number of hydrogen-bond acceptors (Lipinski definition) is 1. The Morgan fingerprint density at radius 3 is 2.57 bits per heavy atom. The van der Waals surface area contributed by atoms with E-state index in [4.69, 9.17) is 0 Å². The molecule has 1 aromatic heterocycles. The molecule has 0 aromatic carbocycles. The number of carbonyl (C=O) groups excluding carboxylic acids is 1. The van der Waals surface area contributed by atoms with Gasteiger partial charge in [0, 0.05) is 29.5 Å². The van der Waals surface area contributed by atoms with Crippen molar-refractivity contribution in [3.05, 3.63) is 29.1 Å². The molecule has 0 atom stereocenters. The molecule has 0 saturated heterocycles. The summed E-state index contributed by atoms with van der Waals surface area (Å²) >= 11 is 0. The van der Waals surface area contributed by atoms with E-state index in [1.807, 2.05) is 6.08 Å². The first-order chi connectivity index (χ1) is 10.1. The lowest BCUT2D eigenvalue weighted by atomic mass is 9.95. The fraction of sp³-hybridized carbons (Fsp3) is 0.611. The molecule has 0 unspecified atom stereocenters. The molecule has 3 heteroatoms. The monoisotopic (exact) mass is 286 g/mol. The average Bonchev–Trinajstić information content (AvgIpc) is 3.25. The number of hydrogen-bond donors (Lipinski definition) is 1. The van der Waals surface area contributed by atoms with Gasteiger partial charge >= 0.3 is 0 Å². The van der Waals surface area contributed by atoms with Gasteiger partial charge in [-0.3, -0.25) is 4.79 Å². The maximum Gasteiger partial charge on any atom is 0.244 e. The standard InChI is InChI=1S/C18H26N2O/c1-13-12-15(14(2)20(13)17-9-10-17)8-11-18(21)19-16-6-4-3-5-7-16/h8,11-12,16-17H,3-7,9-10H2,1-2H3,(H,19,21)/b11-8+. The van der Waals surface area contributed by atoms with Crippen LogP contribution >= 0.6 is 0 Å². The molecular weight excluding hydrogens is 260 g/mol. The summed E-state index contributed by atoms with van der Waals surface area (Å²) in [6.45, 7) is 4.31. The lowest BCUT2D eigenvalue weighted by Crippen LogP contribution is -2.34. The average molecular weight is 286 g/mol. The maximum atomic E-state index is 12.0. The molecule has 1 aromatic rings. The van der Waals surface area contributed by atoms with E-state index in [9.17, 15) is 4.79 Å². The summed E-state index contributed by atoms with van der Waals surface area (Å²) in [4.78, 5) is 12.0. The summed E-state index contributed by atoms with van der Waals surface area (Å²) in [5.41, 5.74) is 3.78. The van der Waals surface area contributed by atoms with Crippen LogP contribution in [0.2, 0.25) is 0 Å². The van der Waals surface area contributed by atoms with Crippen LogP contribution in [0.25, 0.3) is 6.08 Å². The van der Waals surface area contributed by atoms with E-state index in [1.54, 1.807) is 6.08 Å². The van der Waals surface area contributed by atoms with Crippen molar-refractivity contribution in [3.63, 3.8) is 0 Å². The molecule has 1 heterocycles. The summed E-state index contributed by atoms with van der Waals surface area (Å²) < 4.78 is 2.42. The summed E-state index contributed by atoms with van der Waals surface area (Å²) in [6, 6.07) is 3.27. The first kappa shape index (κ1) is 14.4. The van der Waals surface area contributed by atoms with Crippen LogP contribution in [0.5, 0.6) is 0 Å². The Morgan fingerprint density at radius 1 is 1.19 bits per heavy atom. The van der Waals surface area contributed by atoms with E-state index in [0.717, 1.165) is 12.8 Å². The van der Waals surface area contributed by atoms with Crippen LogP contribution in [-0.2, 0) is 4.79 Å². The lowest BCUT2D eigenvalue weighted by molar-refractivity contribution is -0.117. The largest absolute Gasteiger partial charge is 0.350 e. The highest BCUT2D eigenvalue weighted by molar-refractivity contribution is 5.92. The van der Waals surface area contributed by atoms with E-state index in [-0.39, 0.29) is 5.91 Å². The zero-order valence-electron chi connectivity index (χ0n) is 13.2. The SMILES string of the molecule is Cc1cc(/C=C/C(=O)NC2CCCCC2)c(C)n1C1CC1. The van der Waals surface area contributed by atoms with Crippen molar-refractivity contribution < 1.29 is 4.79 Å². The van der Waals surface area contributed by atoms with Crippen molar-refractivity contribution >= 4 is 12.0 Å². The maximum absolute atomic E-state index is 12.0. The highest BCUT2D eigenvalue weighted by Crippen LogP contribution is 2.38. The Hall–Kier alpha value is -1.51.